The van der Waals surface area contributed by atoms with Crippen molar-refractivity contribution in [1.29, 1.82) is 0 Å². The van der Waals surface area contributed by atoms with Crippen molar-refractivity contribution in [2.45, 2.75) is 39.3 Å². The number of nitrogens with zero attached hydrogens (tertiary/aromatic N) is 1. The molecule has 1 aliphatic heterocycles. The highest BCUT2D eigenvalue weighted by molar-refractivity contribution is 5.78. The highest BCUT2D eigenvalue weighted by atomic mass is 16.5. The first kappa shape index (κ1) is 15.4. The van der Waals surface area contributed by atoms with Crippen LogP contribution in [0.4, 0.5) is 0 Å². The van der Waals surface area contributed by atoms with Crippen molar-refractivity contribution < 1.29 is 9.53 Å². The van der Waals surface area contributed by atoms with Gasteiger partial charge in [0.2, 0.25) is 5.91 Å². The Morgan fingerprint density at radius 3 is 2.78 bits per heavy atom. The molecule has 1 unspecified atom stereocenters. The summed E-state index contributed by atoms with van der Waals surface area (Å²) in [4.78, 5) is 14.0. The molecule has 0 aromatic rings. The van der Waals surface area contributed by atoms with Crippen LogP contribution in [0.15, 0.2) is 0 Å². The van der Waals surface area contributed by atoms with Gasteiger partial charge in [-0.2, -0.15) is 0 Å². The van der Waals surface area contributed by atoms with Crippen LogP contribution < -0.4 is 10.6 Å². The first-order chi connectivity index (χ1) is 8.40. The minimum atomic E-state index is -0.168. The lowest BCUT2D eigenvalue weighted by atomic mass is 10.1. The van der Waals surface area contributed by atoms with E-state index in [1.165, 1.54) is 0 Å². The maximum atomic E-state index is 11.6. The van der Waals surface area contributed by atoms with Crippen molar-refractivity contribution in [1.82, 2.24) is 15.5 Å². The van der Waals surface area contributed by atoms with Crippen LogP contribution in [0.3, 0.4) is 0 Å². The molecule has 106 valence electrons. The summed E-state index contributed by atoms with van der Waals surface area (Å²) in [6, 6.07) is 0. The summed E-state index contributed by atoms with van der Waals surface area (Å²) in [5, 5.41) is 6.08. The fraction of sp³-hybridized carbons (Fsp3) is 0.923. The summed E-state index contributed by atoms with van der Waals surface area (Å²) in [5.41, 5.74) is -0.168. The zero-order valence-corrected chi connectivity index (χ0v) is 12.1. The Morgan fingerprint density at radius 2 is 2.17 bits per heavy atom. The fourth-order valence-corrected chi connectivity index (χ4v) is 2.00. The molecule has 0 spiro atoms. The summed E-state index contributed by atoms with van der Waals surface area (Å²) < 4.78 is 5.66. The lowest BCUT2D eigenvalue weighted by Gasteiger charge is -2.32. The summed E-state index contributed by atoms with van der Waals surface area (Å²) in [7, 11) is 0. The van der Waals surface area contributed by atoms with E-state index in [9.17, 15) is 4.79 Å². The first-order valence-corrected chi connectivity index (χ1v) is 6.76. The molecule has 1 aliphatic rings. The summed E-state index contributed by atoms with van der Waals surface area (Å²) >= 11 is 0. The van der Waals surface area contributed by atoms with E-state index in [4.69, 9.17) is 4.74 Å². The minimum Gasteiger partial charge on any atom is -0.374 e. The number of ether oxygens (including phenoxy) is 1. The minimum absolute atomic E-state index is 0.0330. The number of nitrogens with one attached hydrogen (secondary N) is 2. The van der Waals surface area contributed by atoms with Gasteiger partial charge in [0, 0.05) is 25.2 Å². The molecule has 0 saturated carbocycles. The van der Waals surface area contributed by atoms with Gasteiger partial charge in [-0.1, -0.05) is 6.92 Å². The molecule has 0 aromatic heterocycles. The largest absolute Gasteiger partial charge is 0.374 e. The zero-order valence-electron chi connectivity index (χ0n) is 12.1. The Morgan fingerprint density at radius 1 is 1.44 bits per heavy atom. The maximum Gasteiger partial charge on any atom is 0.234 e. The number of amides is 1. The molecule has 1 rings (SSSR count). The van der Waals surface area contributed by atoms with Gasteiger partial charge >= 0.3 is 0 Å². The van der Waals surface area contributed by atoms with E-state index in [1.807, 2.05) is 20.8 Å². The highest BCUT2D eigenvalue weighted by Gasteiger charge is 2.19. The van der Waals surface area contributed by atoms with Crippen molar-refractivity contribution in [3.63, 3.8) is 0 Å². The van der Waals surface area contributed by atoms with E-state index in [0.717, 1.165) is 32.8 Å². The normalized spacial score (nSPS) is 21.9. The van der Waals surface area contributed by atoms with E-state index in [0.29, 0.717) is 6.54 Å². The molecule has 2 N–H and O–H groups in total. The number of morpholine rings is 1. The Labute approximate surface area is 110 Å². The molecule has 0 bridgehead atoms. The van der Waals surface area contributed by atoms with Crippen LogP contribution >= 0.6 is 0 Å². The van der Waals surface area contributed by atoms with Crippen LogP contribution in [-0.4, -0.2) is 61.8 Å². The predicted molar refractivity (Wildman–Crippen MR) is 72.6 cm³/mol. The molecule has 0 aromatic carbocycles. The number of carbonyl (C=O) groups is 1. The van der Waals surface area contributed by atoms with Crippen LogP contribution in [0, 0.1) is 0 Å². The van der Waals surface area contributed by atoms with Gasteiger partial charge < -0.3 is 15.4 Å². The Hall–Kier alpha value is -0.650. The first-order valence-electron chi connectivity index (χ1n) is 6.76. The topological polar surface area (TPSA) is 53.6 Å². The summed E-state index contributed by atoms with van der Waals surface area (Å²) in [6.07, 6.45) is 0.195. The number of hydrogen-bond acceptors (Lipinski definition) is 4. The van der Waals surface area contributed by atoms with Gasteiger partial charge in [0.25, 0.3) is 0 Å². The molecule has 1 saturated heterocycles. The van der Waals surface area contributed by atoms with Crippen LogP contribution in [0.25, 0.3) is 0 Å². The van der Waals surface area contributed by atoms with Crippen molar-refractivity contribution in [2.75, 3.05) is 39.3 Å². The Kier molecular flexibility index (Phi) is 6.05. The molecular weight excluding hydrogens is 230 g/mol. The number of hydrogen-bond donors (Lipinski definition) is 2. The lowest BCUT2D eigenvalue weighted by Crippen LogP contribution is -2.49. The lowest BCUT2D eigenvalue weighted by molar-refractivity contribution is -0.121. The average molecular weight is 257 g/mol. The van der Waals surface area contributed by atoms with E-state index < -0.39 is 0 Å². The van der Waals surface area contributed by atoms with Crippen molar-refractivity contribution in [2.24, 2.45) is 0 Å². The second-order valence-corrected chi connectivity index (χ2v) is 5.82. The van der Waals surface area contributed by atoms with Gasteiger partial charge in [0.05, 0.1) is 19.3 Å². The number of rotatable bonds is 5. The predicted octanol–water partition coefficient (Wildman–Crippen LogP) is 0.211. The third kappa shape index (κ3) is 6.33. The molecule has 0 aliphatic carbocycles. The second-order valence-electron chi connectivity index (χ2n) is 5.82. The van der Waals surface area contributed by atoms with Gasteiger partial charge in [-0.05, 0) is 27.3 Å². The maximum absolute atomic E-state index is 11.6. The van der Waals surface area contributed by atoms with E-state index >= 15 is 0 Å². The van der Waals surface area contributed by atoms with Gasteiger partial charge in [-0.15, -0.1) is 0 Å². The van der Waals surface area contributed by atoms with Gasteiger partial charge in [0.15, 0.2) is 0 Å². The molecule has 0 radical (unpaired) electrons. The summed E-state index contributed by atoms with van der Waals surface area (Å²) in [5.74, 6) is 0.0330. The zero-order chi connectivity index (χ0) is 13.6. The van der Waals surface area contributed by atoms with Gasteiger partial charge in [0.1, 0.15) is 0 Å². The fourth-order valence-electron chi connectivity index (χ4n) is 2.00. The van der Waals surface area contributed by atoms with Crippen LogP contribution in [0.2, 0.25) is 0 Å². The van der Waals surface area contributed by atoms with Crippen LogP contribution in [-0.2, 0) is 9.53 Å². The smallest absolute Gasteiger partial charge is 0.234 e. The van der Waals surface area contributed by atoms with E-state index in [2.05, 4.69) is 22.5 Å². The number of carbonyl (C=O) groups excluding carboxylic acids is 1. The Bertz CT molecular complexity index is 263. The van der Waals surface area contributed by atoms with Crippen molar-refractivity contribution in [3.05, 3.63) is 0 Å². The third-order valence-electron chi connectivity index (χ3n) is 2.84. The monoisotopic (exact) mass is 257 g/mol. The van der Waals surface area contributed by atoms with Gasteiger partial charge in [-0.3, -0.25) is 9.69 Å². The van der Waals surface area contributed by atoms with E-state index in [-0.39, 0.29) is 17.6 Å². The van der Waals surface area contributed by atoms with Gasteiger partial charge in [-0.25, -0.2) is 0 Å². The average Bonchev–Trinajstić information content (AvgIpc) is 2.27. The van der Waals surface area contributed by atoms with E-state index in [1.54, 1.807) is 0 Å². The van der Waals surface area contributed by atoms with Crippen molar-refractivity contribution >= 4 is 5.91 Å². The molecule has 1 heterocycles. The van der Waals surface area contributed by atoms with Crippen LogP contribution in [0.5, 0.6) is 0 Å². The molecule has 1 fully saturated rings. The van der Waals surface area contributed by atoms with Crippen LogP contribution in [0.1, 0.15) is 27.7 Å². The number of likely N-dealkylation sites (N-methyl/N-ethyl adjacent to an activating group) is 1. The third-order valence-corrected chi connectivity index (χ3v) is 2.84. The molecule has 1 atom stereocenters. The van der Waals surface area contributed by atoms with Crippen molar-refractivity contribution in [3.8, 4) is 0 Å². The highest BCUT2D eigenvalue weighted by Crippen LogP contribution is 2.03. The quantitative estimate of drug-likeness (QED) is 0.739. The summed E-state index contributed by atoms with van der Waals surface area (Å²) in [6.45, 7) is 13.0. The molecule has 5 nitrogen and oxygen atoms in total. The molecule has 18 heavy (non-hydrogen) atoms. The molecule has 5 heteroatoms. The standard InChI is InChI=1S/C13H27N3O2/c1-5-16-6-7-18-11(10-16)8-14-9-12(17)15-13(2,3)4/h11,14H,5-10H2,1-4H3,(H,15,17). The Balaban J connectivity index is 2.15. The molecular formula is C13H27N3O2. The molecule has 1 amide bonds. The SMILES string of the molecule is CCN1CCOC(CNCC(=O)NC(C)(C)C)C1. The second kappa shape index (κ2) is 7.07.